The Bertz CT molecular complexity index is 843. The van der Waals surface area contributed by atoms with Crippen LogP contribution in [0.2, 0.25) is 0 Å². The van der Waals surface area contributed by atoms with Gasteiger partial charge in [-0.25, -0.2) is 13.1 Å². The van der Waals surface area contributed by atoms with Crippen molar-refractivity contribution in [3.05, 3.63) is 30.2 Å². The lowest BCUT2D eigenvalue weighted by atomic mass is 10.4. The largest absolute Gasteiger partial charge is 0.407 e. The van der Waals surface area contributed by atoms with Gasteiger partial charge in [-0.2, -0.15) is 8.42 Å². The van der Waals surface area contributed by atoms with E-state index in [0.717, 1.165) is 24.3 Å². The summed E-state index contributed by atoms with van der Waals surface area (Å²) < 4.78 is 65.0. The average Bonchev–Trinajstić information content (AvgIpc) is 2.85. The molecule has 0 saturated heterocycles. The number of aryl methyl sites for hydroxylation is 1. The molecule has 0 atom stereocenters. The molecule has 2 aromatic rings. The summed E-state index contributed by atoms with van der Waals surface area (Å²) in [6.07, 6.45) is 0.442. The highest BCUT2D eigenvalue weighted by atomic mass is 32.3. The van der Waals surface area contributed by atoms with Gasteiger partial charge in [0.2, 0.25) is 5.89 Å². The predicted molar refractivity (Wildman–Crippen MR) is 69.2 cm³/mol. The topological polar surface area (TPSA) is 119 Å². The van der Waals surface area contributed by atoms with Gasteiger partial charge < -0.3 is 4.42 Å². The summed E-state index contributed by atoms with van der Waals surface area (Å²) in [6, 6.07) is 3.27. The standard InChI is InChI=1S/C10H10FN3O5S2/c1-2-9-12-13-10(19-9)14-21(17,18)8-5-3-7(4-6-8)20(11,15)16/h3-6H,2H2,1H3,(H,13,14). The molecule has 0 fully saturated rings. The van der Waals surface area contributed by atoms with Crippen molar-refractivity contribution in [3.8, 4) is 0 Å². The van der Waals surface area contributed by atoms with E-state index in [1.807, 2.05) is 4.72 Å². The van der Waals surface area contributed by atoms with Crippen molar-refractivity contribution in [1.82, 2.24) is 10.2 Å². The van der Waals surface area contributed by atoms with Crippen molar-refractivity contribution in [2.24, 2.45) is 0 Å². The van der Waals surface area contributed by atoms with E-state index in [9.17, 15) is 20.7 Å². The molecule has 0 radical (unpaired) electrons. The molecule has 0 aliphatic heterocycles. The zero-order chi connectivity index (χ0) is 15.7. The van der Waals surface area contributed by atoms with Crippen LogP contribution in [-0.2, 0) is 26.7 Å². The molecule has 0 aliphatic carbocycles. The minimum Gasteiger partial charge on any atom is -0.407 e. The van der Waals surface area contributed by atoms with Crippen LogP contribution in [0.15, 0.2) is 38.5 Å². The van der Waals surface area contributed by atoms with Crippen LogP contribution >= 0.6 is 0 Å². The van der Waals surface area contributed by atoms with Crippen LogP contribution in [0.5, 0.6) is 0 Å². The second-order valence-corrected chi connectivity index (χ2v) is 6.90. The fraction of sp³-hybridized carbons (Fsp3) is 0.200. The molecule has 0 amide bonds. The molecule has 0 bridgehead atoms. The fourth-order valence-corrected chi connectivity index (χ4v) is 2.78. The first kappa shape index (κ1) is 15.4. The molecule has 0 saturated carbocycles. The summed E-state index contributed by atoms with van der Waals surface area (Å²) in [5.41, 5.74) is 0. The number of nitrogens with one attached hydrogen (secondary N) is 1. The van der Waals surface area contributed by atoms with E-state index < -0.39 is 25.1 Å². The first-order chi connectivity index (χ1) is 9.72. The zero-order valence-corrected chi connectivity index (χ0v) is 12.3. The number of nitrogens with zero attached hydrogens (tertiary/aromatic N) is 2. The van der Waals surface area contributed by atoms with E-state index in [0.29, 0.717) is 6.42 Å². The van der Waals surface area contributed by atoms with Gasteiger partial charge in [0.15, 0.2) is 0 Å². The Morgan fingerprint density at radius 2 is 1.67 bits per heavy atom. The third kappa shape index (κ3) is 3.55. The molecule has 1 aromatic carbocycles. The first-order valence-corrected chi connectivity index (χ1v) is 8.49. The van der Waals surface area contributed by atoms with Crippen LogP contribution in [0.3, 0.4) is 0 Å². The molecule has 8 nitrogen and oxygen atoms in total. The Hall–Kier alpha value is -2.01. The van der Waals surface area contributed by atoms with Crippen molar-refractivity contribution in [1.29, 1.82) is 0 Å². The number of hydrogen-bond donors (Lipinski definition) is 1. The van der Waals surface area contributed by atoms with Gasteiger partial charge in [0, 0.05) is 6.42 Å². The Morgan fingerprint density at radius 1 is 1.10 bits per heavy atom. The highest BCUT2D eigenvalue weighted by Crippen LogP contribution is 2.18. The van der Waals surface area contributed by atoms with Crippen LogP contribution in [0.1, 0.15) is 12.8 Å². The summed E-state index contributed by atoms with van der Waals surface area (Å²) in [5.74, 6) is 0.256. The second kappa shape index (κ2) is 5.41. The summed E-state index contributed by atoms with van der Waals surface area (Å²) in [6.45, 7) is 1.75. The van der Waals surface area contributed by atoms with Crippen LogP contribution < -0.4 is 4.72 Å². The van der Waals surface area contributed by atoms with E-state index in [4.69, 9.17) is 4.42 Å². The summed E-state index contributed by atoms with van der Waals surface area (Å²) >= 11 is 0. The highest BCUT2D eigenvalue weighted by molar-refractivity contribution is 7.92. The number of rotatable bonds is 5. The molecule has 2 rings (SSSR count). The number of anilines is 1. The fourth-order valence-electron chi connectivity index (χ4n) is 1.39. The van der Waals surface area contributed by atoms with Crippen LogP contribution in [-0.4, -0.2) is 27.0 Å². The number of benzene rings is 1. The molecule has 1 aromatic heterocycles. The van der Waals surface area contributed by atoms with Gasteiger partial charge in [-0.05, 0) is 24.3 Å². The number of hydrogen-bond acceptors (Lipinski definition) is 7. The number of sulfonamides is 1. The van der Waals surface area contributed by atoms with Crippen LogP contribution in [0.25, 0.3) is 0 Å². The maximum Gasteiger partial charge on any atom is 0.332 e. The lowest BCUT2D eigenvalue weighted by Crippen LogP contribution is -2.13. The van der Waals surface area contributed by atoms with E-state index >= 15 is 0 Å². The normalized spacial score (nSPS) is 12.3. The smallest absolute Gasteiger partial charge is 0.332 e. The van der Waals surface area contributed by atoms with Crippen molar-refractivity contribution in [3.63, 3.8) is 0 Å². The third-order valence-corrected chi connectivity index (χ3v) is 4.58. The molecule has 0 spiro atoms. The molecule has 21 heavy (non-hydrogen) atoms. The first-order valence-electron chi connectivity index (χ1n) is 5.62. The maximum atomic E-state index is 12.7. The van der Waals surface area contributed by atoms with Gasteiger partial charge in [-0.3, -0.25) is 0 Å². The van der Waals surface area contributed by atoms with Crippen molar-refractivity contribution in [2.45, 2.75) is 23.1 Å². The molecule has 1 heterocycles. The summed E-state index contributed by atoms with van der Waals surface area (Å²) in [4.78, 5) is -0.904. The predicted octanol–water partition coefficient (Wildman–Crippen LogP) is 1.09. The van der Waals surface area contributed by atoms with Gasteiger partial charge in [0.1, 0.15) is 0 Å². The van der Waals surface area contributed by atoms with Gasteiger partial charge >= 0.3 is 16.2 Å². The Balaban J connectivity index is 2.27. The lowest BCUT2D eigenvalue weighted by Gasteiger charge is -2.04. The molecule has 0 unspecified atom stereocenters. The molecule has 11 heteroatoms. The Kier molecular flexibility index (Phi) is 3.96. The van der Waals surface area contributed by atoms with E-state index in [1.54, 1.807) is 6.92 Å². The average molecular weight is 335 g/mol. The Labute approximate surface area is 120 Å². The third-order valence-electron chi connectivity index (χ3n) is 2.41. The zero-order valence-electron chi connectivity index (χ0n) is 10.6. The molecule has 1 N–H and O–H groups in total. The quantitative estimate of drug-likeness (QED) is 0.812. The summed E-state index contributed by atoms with van der Waals surface area (Å²) in [7, 11) is -8.91. The maximum absolute atomic E-state index is 12.7. The monoisotopic (exact) mass is 335 g/mol. The van der Waals surface area contributed by atoms with Crippen LogP contribution in [0, 0.1) is 0 Å². The number of aromatic nitrogens is 2. The van der Waals surface area contributed by atoms with E-state index in [2.05, 4.69) is 10.2 Å². The molecule has 0 aliphatic rings. The minimum absolute atomic E-state index is 0.256. The SMILES string of the molecule is CCc1nnc(NS(=O)(=O)c2ccc(S(=O)(=O)F)cc2)o1. The molecule has 114 valence electrons. The minimum atomic E-state index is -4.88. The van der Waals surface area contributed by atoms with Gasteiger partial charge in [0.05, 0.1) is 9.79 Å². The lowest BCUT2D eigenvalue weighted by molar-refractivity contribution is 0.515. The Morgan fingerprint density at radius 3 is 2.14 bits per heavy atom. The highest BCUT2D eigenvalue weighted by Gasteiger charge is 2.19. The second-order valence-electron chi connectivity index (χ2n) is 3.87. The molecular weight excluding hydrogens is 325 g/mol. The van der Waals surface area contributed by atoms with Crippen molar-refractivity contribution in [2.75, 3.05) is 4.72 Å². The van der Waals surface area contributed by atoms with E-state index in [-0.39, 0.29) is 16.8 Å². The van der Waals surface area contributed by atoms with E-state index in [1.165, 1.54) is 0 Å². The van der Waals surface area contributed by atoms with Crippen molar-refractivity contribution >= 4 is 26.3 Å². The van der Waals surface area contributed by atoms with Gasteiger partial charge in [0.25, 0.3) is 10.0 Å². The summed E-state index contributed by atoms with van der Waals surface area (Å²) in [5, 5.41) is 7.08. The van der Waals surface area contributed by atoms with Crippen LogP contribution in [0.4, 0.5) is 9.90 Å². The number of halogens is 1. The van der Waals surface area contributed by atoms with Gasteiger partial charge in [-0.1, -0.05) is 12.0 Å². The van der Waals surface area contributed by atoms with Gasteiger partial charge in [-0.15, -0.1) is 8.98 Å². The van der Waals surface area contributed by atoms with Crippen molar-refractivity contribution < 1.29 is 25.1 Å². The molecular formula is C10H10FN3O5S2.